The fraction of sp³-hybridized carbons (Fsp3) is 0.417. The normalized spacial score (nSPS) is 14.6. The van der Waals surface area contributed by atoms with Gasteiger partial charge in [-0.15, -0.1) is 0 Å². The van der Waals surface area contributed by atoms with Crippen LogP contribution in [-0.2, 0) is 4.79 Å². The molecule has 0 aromatic heterocycles. The molecule has 16 heavy (non-hydrogen) atoms. The van der Waals surface area contributed by atoms with Crippen LogP contribution < -0.4 is 10.6 Å². The second-order valence-corrected chi connectivity index (χ2v) is 4.59. The van der Waals surface area contributed by atoms with Crippen LogP contribution in [0.1, 0.15) is 18.4 Å². The van der Waals surface area contributed by atoms with Gasteiger partial charge < -0.3 is 10.6 Å². The number of carbonyl (C=O) groups excluding carboxylic acids is 1. The molecular weight excluding hydrogens is 224 g/mol. The van der Waals surface area contributed by atoms with Gasteiger partial charge in [0, 0.05) is 6.04 Å². The smallest absolute Gasteiger partial charge is 0.239 e. The minimum atomic E-state index is 0.0270. The molecule has 0 bridgehead atoms. The van der Waals surface area contributed by atoms with Crippen molar-refractivity contribution in [2.24, 2.45) is 0 Å². The highest BCUT2D eigenvalue weighted by molar-refractivity contribution is 6.33. The molecule has 4 heteroatoms. The average Bonchev–Trinajstić information content (AvgIpc) is 3.00. The maximum absolute atomic E-state index is 11.4. The Morgan fingerprint density at radius 2 is 2.25 bits per heavy atom. The van der Waals surface area contributed by atoms with Crippen LogP contribution in [0.15, 0.2) is 18.2 Å². The molecule has 0 aliphatic heterocycles. The van der Waals surface area contributed by atoms with Crippen LogP contribution in [0.25, 0.3) is 0 Å². The highest BCUT2D eigenvalue weighted by Crippen LogP contribution is 2.22. The predicted octanol–water partition coefficient (Wildman–Crippen LogP) is 2.34. The lowest BCUT2D eigenvalue weighted by molar-refractivity contribution is -0.119. The molecule has 1 fully saturated rings. The third kappa shape index (κ3) is 3.14. The largest absolute Gasteiger partial charge is 0.375 e. The summed E-state index contributed by atoms with van der Waals surface area (Å²) in [4.78, 5) is 11.4. The molecule has 0 radical (unpaired) electrons. The number of hydrogen-bond acceptors (Lipinski definition) is 2. The Morgan fingerprint density at radius 1 is 1.50 bits per heavy atom. The number of aryl methyl sites for hydroxylation is 1. The van der Waals surface area contributed by atoms with Crippen molar-refractivity contribution in [1.82, 2.24) is 5.32 Å². The summed E-state index contributed by atoms with van der Waals surface area (Å²) in [6, 6.07) is 6.14. The maximum Gasteiger partial charge on any atom is 0.239 e. The number of halogens is 1. The van der Waals surface area contributed by atoms with Gasteiger partial charge >= 0.3 is 0 Å². The summed E-state index contributed by atoms with van der Waals surface area (Å²) in [6.07, 6.45) is 2.22. The van der Waals surface area contributed by atoms with Crippen LogP contribution in [-0.4, -0.2) is 18.5 Å². The van der Waals surface area contributed by atoms with Gasteiger partial charge in [0.2, 0.25) is 5.91 Å². The number of rotatable bonds is 4. The number of hydrogen-bond donors (Lipinski definition) is 2. The lowest BCUT2D eigenvalue weighted by Gasteiger charge is -2.09. The van der Waals surface area contributed by atoms with E-state index in [0.717, 1.165) is 24.1 Å². The minimum absolute atomic E-state index is 0.0270. The van der Waals surface area contributed by atoms with Crippen LogP contribution in [0.4, 0.5) is 5.69 Å². The Bertz CT molecular complexity index is 402. The third-order valence-electron chi connectivity index (χ3n) is 2.51. The Balaban J connectivity index is 1.85. The zero-order chi connectivity index (χ0) is 11.5. The molecule has 0 atom stereocenters. The standard InChI is InChI=1S/C12H15ClN2O/c1-8-2-5-11(10(13)6-8)14-7-12(16)15-9-3-4-9/h2,5-6,9,14H,3-4,7H2,1H3,(H,15,16). The van der Waals surface area contributed by atoms with Gasteiger partial charge in [-0.2, -0.15) is 0 Å². The Morgan fingerprint density at radius 3 is 2.88 bits per heavy atom. The summed E-state index contributed by atoms with van der Waals surface area (Å²) in [5.74, 6) is 0.0270. The lowest BCUT2D eigenvalue weighted by Crippen LogP contribution is -2.31. The molecular formula is C12H15ClN2O. The Hall–Kier alpha value is -1.22. The molecule has 1 amide bonds. The van der Waals surface area contributed by atoms with Gasteiger partial charge in [-0.3, -0.25) is 4.79 Å². The molecule has 1 saturated carbocycles. The first-order valence-corrected chi connectivity index (χ1v) is 5.82. The Labute approximate surface area is 100 Å². The summed E-state index contributed by atoms with van der Waals surface area (Å²) in [7, 11) is 0. The summed E-state index contributed by atoms with van der Waals surface area (Å²) < 4.78 is 0. The summed E-state index contributed by atoms with van der Waals surface area (Å²) in [5.41, 5.74) is 1.91. The number of carbonyl (C=O) groups is 1. The van der Waals surface area contributed by atoms with Crippen molar-refractivity contribution in [2.45, 2.75) is 25.8 Å². The van der Waals surface area contributed by atoms with Crippen LogP contribution in [0.5, 0.6) is 0 Å². The molecule has 0 unspecified atom stereocenters. The molecule has 1 aromatic carbocycles. The van der Waals surface area contributed by atoms with Gasteiger partial charge in [0.15, 0.2) is 0 Å². The van der Waals surface area contributed by atoms with Crippen LogP contribution in [0.2, 0.25) is 5.02 Å². The molecule has 3 nitrogen and oxygen atoms in total. The van der Waals surface area contributed by atoms with E-state index in [0.29, 0.717) is 11.1 Å². The van der Waals surface area contributed by atoms with Crippen molar-refractivity contribution in [3.8, 4) is 0 Å². The summed E-state index contributed by atoms with van der Waals surface area (Å²) in [6.45, 7) is 2.26. The van der Waals surface area contributed by atoms with Crippen molar-refractivity contribution in [1.29, 1.82) is 0 Å². The second kappa shape index (κ2) is 4.74. The molecule has 0 spiro atoms. The van der Waals surface area contributed by atoms with E-state index in [1.54, 1.807) is 0 Å². The van der Waals surface area contributed by atoms with E-state index in [1.165, 1.54) is 0 Å². The molecule has 2 rings (SSSR count). The molecule has 2 N–H and O–H groups in total. The molecule has 0 saturated heterocycles. The number of amides is 1. The van der Waals surface area contributed by atoms with Crippen molar-refractivity contribution in [2.75, 3.05) is 11.9 Å². The number of nitrogens with one attached hydrogen (secondary N) is 2. The average molecular weight is 239 g/mol. The van der Waals surface area contributed by atoms with E-state index in [1.807, 2.05) is 25.1 Å². The van der Waals surface area contributed by atoms with Gasteiger partial charge in [-0.1, -0.05) is 17.7 Å². The third-order valence-corrected chi connectivity index (χ3v) is 2.82. The quantitative estimate of drug-likeness (QED) is 0.846. The van der Waals surface area contributed by atoms with Crippen LogP contribution in [0, 0.1) is 6.92 Å². The van der Waals surface area contributed by atoms with Crippen molar-refractivity contribution >= 4 is 23.2 Å². The molecule has 86 valence electrons. The summed E-state index contributed by atoms with van der Waals surface area (Å²) >= 11 is 6.04. The first-order valence-electron chi connectivity index (χ1n) is 5.44. The first-order chi connectivity index (χ1) is 7.65. The van der Waals surface area contributed by atoms with E-state index in [9.17, 15) is 4.79 Å². The van der Waals surface area contributed by atoms with E-state index >= 15 is 0 Å². The fourth-order valence-corrected chi connectivity index (χ4v) is 1.75. The minimum Gasteiger partial charge on any atom is -0.375 e. The van der Waals surface area contributed by atoms with Gasteiger partial charge in [0.05, 0.1) is 17.3 Å². The van der Waals surface area contributed by atoms with E-state index in [2.05, 4.69) is 10.6 Å². The highest BCUT2D eigenvalue weighted by atomic mass is 35.5. The molecule has 1 aliphatic carbocycles. The molecule has 1 aromatic rings. The van der Waals surface area contributed by atoms with Gasteiger partial charge in [0.25, 0.3) is 0 Å². The SMILES string of the molecule is Cc1ccc(NCC(=O)NC2CC2)c(Cl)c1. The van der Waals surface area contributed by atoms with E-state index in [-0.39, 0.29) is 12.5 Å². The summed E-state index contributed by atoms with van der Waals surface area (Å²) in [5, 5.41) is 6.59. The van der Waals surface area contributed by atoms with Crippen molar-refractivity contribution in [3.63, 3.8) is 0 Å². The van der Waals surface area contributed by atoms with Gasteiger partial charge in [0.1, 0.15) is 0 Å². The molecule has 1 aliphatic rings. The van der Waals surface area contributed by atoms with E-state index < -0.39 is 0 Å². The topological polar surface area (TPSA) is 41.1 Å². The van der Waals surface area contributed by atoms with Crippen molar-refractivity contribution in [3.05, 3.63) is 28.8 Å². The zero-order valence-electron chi connectivity index (χ0n) is 9.22. The van der Waals surface area contributed by atoms with Crippen LogP contribution >= 0.6 is 11.6 Å². The monoisotopic (exact) mass is 238 g/mol. The second-order valence-electron chi connectivity index (χ2n) is 4.18. The first kappa shape index (κ1) is 11.3. The van der Waals surface area contributed by atoms with Crippen LogP contribution in [0.3, 0.4) is 0 Å². The van der Waals surface area contributed by atoms with Gasteiger partial charge in [-0.25, -0.2) is 0 Å². The maximum atomic E-state index is 11.4. The number of benzene rings is 1. The van der Waals surface area contributed by atoms with E-state index in [4.69, 9.17) is 11.6 Å². The predicted molar refractivity (Wildman–Crippen MR) is 65.8 cm³/mol. The zero-order valence-corrected chi connectivity index (χ0v) is 9.97. The van der Waals surface area contributed by atoms with Crippen molar-refractivity contribution < 1.29 is 4.79 Å². The fourth-order valence-electron chi connectivity index (χ4n) is 1.45. The van der Waals surface area contributed by atoms with Gasteiger partial charge in [-0.05, 0) is 37.5 Å². The Kier molecular flexibility index (Phi) is 3.34. The lowest BCUT2D eigenvalue weighted by atomic mass is 10.2. The highest BCUT2D eigenvalue weighted by Gasteiger charge is 2.22. The number of anilines is 1. The molecule has 0 heterocycles.